The van der Waals surface area contributed by atoms with Gasteiger partial charge in [-0.15, -0.1) is 0 Å². The lowest BCUT2D eigenvalue weighted by Gasteiger charge is -2.30. The van der Waals surface area contributed by atoms with E-state index in [2.05, 4.69) is 46.0 Å². The average molecular weight is 323 g/mol. The minimum absolute atomic E-state index is 0.305. The fourth-order valence-corrected chi connectivity index (χ4v) is 2.99. The van der Waals surface area contributed by atoms with Crippen molar-refractivity contribution in [3.05, 3.63) is 66.2 Å². The number of piperidine rings is 1. The number of benzene rings is 2. The Morgan fingerprint density at radius 3 is 2.25 bits per heavy atom. The van der Waals surface area contributed by atoms with Gasteiger partial charge in [-0.25, -0.2) is 10.8 Å². The Kier molecular flexibility index (Phi) is 5.82. The number of nitrogens with two attached hydrogens (primary N) is 1. The standard InChI is InChI=1S/C19H25N5/c20-23-19(21-17-9-5-2-6-10-17)22-18-11-13-24(14-12-18)15-16-7-3-1-4-8-16/h1-10,18H,11-15,20H2,(H2,21,22,23). The average Bonchev–Trinajstić information content (AvgIpc) is 2.64. The summed E-state index contributed by atoms with van der Waals surface area (Å²) in [6.07, 6.45) is 2.10. The number of hydrazine groups is 1. The number of nitrogens with one attached hydrogen (secondary N) is 2. The molecular formula is C19H25N5. The zero-order valence-corrected chi connectivity index (χ0v) is 13.9. The van der Waals surface area contributed by atoms with Crippen molar-refractivity contribution < 1.29 is 0 Å². The zero-order valence-electron chi connectivity index (χ0n) is 13.9. The van der Waals surface area contributed by atoms with E-state index >= 15 is 0 Å². The molecule has 5 nitrogen and oxygen atoms in total. The van der Waals surface area contributed by atoms with E-state index in [4.69, 9.17) is 10.8 Å². The summed E-state index contributed by atoms with van der Waals surface area (Å²) in [5.41, 5.74) is 5.03. The number of hydrogen-bond donors (Lipinski definition) is 3. The van der Waals surface area contributed by atoms with Crippen LogP contribution in [-0.2, 0) is 6.54 Å². The fourth-order valence-electron chi connectivity index (χ4n) is 2.99. The van der Waals surface area contributed by atoms with Gasteiger partial charge in [0.25, 0.3) is 0 Å². The van der Waals surface area contributed by atoms with Crippen LogP contribution in [0.5, 0.6) is 0 Å². The molecule has 3 rings (SSSR count). The summed E-state index contributed by atoms with van der Waals surface area (Å²) in [6, 6.07) is 20.9. The molecule has 0 aromatic heterocycles. The Morgan fingerprint density at radius 2 is 1.62 bits per heavy atom. The van der Waals surface area contributed by atoms with Crippen molar-refractivity contribution in [2.45, 2.75) is 25.4 Å². The molecule has 0 aliphatic carbocycles. The van der Waals surface area contributed by atoms with E-state index in [1.54, 1.807) is 0 Å². The molecule has 24 heavy (non-hydrogen) atoms. The Balaban J connectivity index is 1.51. The van der Waals surface area contributed by atoms with Crippen LogP contribution in [0.15, 0.2) is 65.7 Å². The molecule has 2 aromatic carbocycles. The third kappa shape index (κ3) is 4.81. The molecule has 2 aromatic rings. The molecular weight excluding hydrogens is 298 g/mol. The van der Waals surface area contributed by atoms with Crippen molar-refractivity contribution in [1.82, 2.24) is 10.3 Å². The summed E-state index contributed by atoms with van der Waals surface area (Å²) < 4.78 is 0. The molecule has 1 aliphatic rings. The van der Waals surface area contributed by atoms with Gasteiger partial charge in [0.1, 0.15) is 0 Å². The number of likely N-dealkylation sites (tertiary alicyclic amines) is 1. The second-order valence-electron chi connectivity index (χ2n) is 6.11. The van der Waals surface area contributed by atoms with E-state index in [1.807, 2.05) is 30.3 Å². The summed E-state index contributed by atoms with van der Waals surface area (Å²) in [6.45, 7) is 3.14. The molecule has 0 amide bonds. The molecule has 0 radical (unpaired) electrons. The van der Waals surface area contributed by atoms with Gasteiger partial charge < -0.3 is 5.32 Å². The Bertz CT molecular complexity index is 633. The smallest absolute Gasteiger partial charge is 0.210 e. The predicted molar refractivity (Wildman–Crippen MR) is 99.6 cm³/mol. The number of anilines is 1. The first kappa shape index (κ1) is 16.5. The number of rotatable bonds is 4. The van der Waals surface area contributed by atoms with Gasteiger partial charge in [0.05, 0.1) is 6.04 Å². The lowest BCUT2D eigenvalue weighted by Crippen LogP contribution is -2.40. The number of nitrogens with zero attached hydrogens (tertiary/aromatic N) is 2. The van der Waals surface area contributed by atoms with E-state index < -0.39 is 0 Å². The first-order chi connectivity index (χ1) is 11.8. The first-order valence-electron chi connectivity index (χ1n) is 8.46. The van der Waals surface area contributed by atoms with Crippen molar-refractivity contribution in [1.29, 1.82) is 0 Å². The molecule has 1 heterocycles. The predicted octanol–water partition coefficient (Wildman–Crippen LogP) is 2.58. The van der Waals surface area contributed by atoms with Crippen molar-refractivity contribution in [2.24, 2.45) is 10.8 Å². The van der Waals surface area contributed by atoms with Crippen LogP contribution in [0.3, 0.4) is 0 Å². The summed E-state index contributed by atoms with van der Waals surface area (Å²) in [5, 5.41) is 3.23. The maximum atomic E-state index is 5.61. The van der Waals surface area contributed by atoms with Gasteiger partial charge in [0.15, 0.2) is 0 Å². The van der Waals surface area contributed by atoms with E-state index in [0.717, 1.165) is 38.2 Å². The van der Waals surface area contributed by atoms with Crippen LogP contribution >= 0.6 is 0 Å². The highest BCUT2D eigenvalue weighted by atomic mass is 15.3. The lowest BCUT2D eigenvalue weighted by atomic mass is 10.0. The molecule has 0 atom stereocenters. The minimum atomic E-state index is 0.305. The second-order valence-corrected chi connectivity index (χ2v) is 6.11. The molecule has 5 heteroatoms. The molecule has 126 valence electrons. The van der Waals surface area contributed by atoms with Crippen LogP contribution in [0.2, 0.25) is 0 Å². The summed E-state index contributed by atoms with van der Waals surface area (Å²) in [4.78, 5) is 7.22. The van der Waals surface area contributed by atoms with Gasteiger partial charge in [-0.05, 0) is 30.5 Å². The topological polar surface area (TPSA) is 65.7 Å². The van der Waals surface area contributed by atoms with Gasteiger partial charge >= 0.3 is 0 Å². The summed E-state index contributed by atoms with van der Waals surface area (Å²) in [7, 11) is 0. The monoisotopic (exact) mass is 323 g/mol. The molecule has 0 spiro atoms. The number of hydrogen-bond acceptors (Lipinski definition) is 3. The maximum Gasteiger partial charge on any atom is 0.210 e. The second kappa shape index (κ2) is 8.47. The first-order valence-corrected chi connectivity index (χ1v) is 8.46. The highest BCUT2D eigenvalue weighted by molar-refractivity contribution is 5.93. The number of guanidine groups is 1. The molecule has 0 saturated carbocycles. The van der Waals surface area contributed by atoms with E-state index in [0.29, 0.717) is 12.0 Å². The van der Waals surface area contributed by atoms with Crippen molar-refractivity contribution in [2.75, 3.05) is 18.4 Å². The molecule has 0 unspecified atom stereocenters. The number of para-hydroxylation sites is 1. The van der Waals surface area contributed by atoms with Gasteiger partial charge in [-0.3, -0.25) is 10.3 Å². The molecule has 1 saturated heterocycles. The van der Waals surface area contributed by atoms with Crippen LogP contribution in [0.25, 0.3) is 0 Å². The third-order valence-electron chi connectivity index (χ3n) is 4.29. The zero-order chi connectivity index (χ0) is 16.6. The molecule has 1 fully saturated rings. The normalized spacial score (nSPS) is 16.8. The van der Waals surface area contributed by atoms with Crippen LogP contribution in [-0.4, -0.2) is 30.0 Å². The Labute approximate surface area is 143 Å². The van der Waals surface area contributed by atoms with Crippen LogP contribution in [0.4, 0.5) is 5.69 Å². The minimum Gasteiger partial charge on any atom is -0.325 e. The van der Waals surface area contributed by atoms with Crippen molar-refractivity contribution in [3.8, 4) is 0 Å². The highest BCUT2D eigenvalue weighted by Crippen LogP contribution is 2.16. The largest absolute Gasteiger partial charge is 0.325 e. The van der Waals surface area contributed by atoms with Crippen molar-refractivity contribution in [3.63, 3.8) is 0 Å². The van der Waals surface area contributed by atoms with E-state index in [-0.39, 0.29) is 0 Å². The van der Waals surface area contributed by atoms with Crippen molar-refractivity contribution >= 4 is 11.6 Å². The van der Waals surface area contributed by atoms with Gasteiger partial charge in [0.2, 0.25) is 5.96 Å². The molecule has 4 N–H and O–H groups in total. The van der Waals surface area contributed by atoms with E-state index in [1.165, 1.54) is 5.56 Å². The Morgan fingerprint density at radius 1 is 1.00 bits per heavy atom. The maximum absolute atomic E-state index is 5.61. The quantitative estimate of drug-likeness (QED) is 0.350. The SMILES string of the molecule is NNC(=NC1CCN(Cc2ccccc2)CC1)Nc1ccccc1. The summed E-state index contributed by atoms with van der Waals surface area (Å²) >= 11 is 0. The van der Waals surface area contributed by atoms with Crippen LogP contribution in [0, 0.1) is 0 Å². The fraction of sp³-hybridized carbons (Fsp3) is 0.316. The Hall–Kier alpha value is -2.37. The van der Waals surface area contributed by atoms with Crippen LogP contribution < -0.4 is 16.6 Å². The molecule has 1 aliphatic heterocycles. The van der Waals surface area contributed by atoms with Gasteiger partial charge in [-0.1, -0.05) is 48.5 Å². The molecule has 0 bridgehead atoms. The highest BCUT2D eigenvalue weighted by Gasteiger charge is 2.19. The summed E-state index contributed by atoms with van der Waals surface area (Å²) in [5.74, 6) is 6.24. The number of aliphatic imine (C=N–C) groups is 1. The van der Waals surface area contributed by atoms with E-state index in [9.17, 15) is 0 Å². The van der Waals surface area contributed by atoms with Gasteiger partial charge in [0, 0.05) is 25.3 Å². The van der Waals surface area contributed by atoms with Gasteiger partial charge in [-0.2, -0.15) is 0 Å². The lowest BCUT2D eigenvalue weighted by molar-refractivity contribution is 0.206. The third-order valence-corrected chi connectivity index (χ3v) is 4.29. The van der Waals surface area contributed by atoms with Crippen LogP contribution in [0.1, 0.15) is 18.4 Å².